The molecule has 1 fully saturated rings. The number of thioether (sulfide) groups is 1. The maximum Gasteiger partial charge on any atom is 0.284 e. The van der Waals surface area contributed by atoms with Gasteiger partial charge in [-0.3, -0.25) is 4.90 Å². The van der Waals surface area contributed by atoms with Crippen molar-refractivity contribution in [1.82, 2.24) is 4.90 Å². The minimum atomic E-state index is -2.38. The molecule has 0 aromatic carbocycles. The second-order valence-electron chi connectivity index (χ2n) is 4.86. The topological polar surface area (TPSA) is 45.8 Å². The van der Waals surface area contributed by atoms with E-state index in [0.717, 1.165) is 5.76 Å². The third-order valence-electron chi connectivity index (χ3n) is 3.27. The van der Waals surface area contributed by atoms with Gasteiger partial charge >= 0.3 is 0 Å². The largest absolute Gasteiger partial charge is 0.464 e. The Morgan fingerprint density at radius 3 is 2.90 bits per heavy atom. The molecule has 2 heterocycles. The Hall–Kier alpha value is -0.630. The molecule has 1 aromatic heterocycles. The number of aliphatic hydroxyl groups is 1. The van der Waals surface area contributed by atoms with Gasteiger partial charge in [0.1, 0.15) is 11.5 Å². The van der Waals surface area contributed by atoms with Crippen LogP contribution >= 0.6 is 11.8 Å². The van der Waals surface area contributed by atoms with Crippen LogP contribution in [0.1, 0.15) is 18.4 Å². The molecule has 0 bridgehead atoms. The number of halogens is 2. The van der Waals surface area contributed by atoms with E-state index >= 15 is 0 Å². The SMILES string of the molecule is CC1COC(CO)CN1Cc1ccc(CSC(F)F)o1. The molecule has 0 spiro atoms. The van der Waals surface area contributed by atoms with Crippen molar-refractivity contribution in [2.75, 3.05) is 19.8 Å². The Labute approximate surface area is 121 Å². The molecule has 0 amide bonds. The lowest BCUT2D eigenvalue weighted by Crippen LogP contribution is -2.48. The lowest BCUT2D eigenvalue weighted by molar-refractivity contribution is -0.0820. The van der Waals surface area contributed by atoms with Crippen molar-refractivity contribution < 1.29 is 23.0 Å². The van der Waals surface area contributed by atoms with Crippen molar-refractivity contribution in [3.05, 3.63) is 23.7 Å². The van der Waals surface area contributed by atoms with Crippen LogP contribution in [0.3, 0.4) is 0 Å². The van der Waals surface area contributed by atoms with Gasteiger partial charge < -0.3 is 14.3 Å². The first-order chi connectivity index (χ1) is 9.58. The first kappa shape index (κ1) is 15.8. The van der Waals surface area contributed by atoms with Crippen molar-refractivity contribution >= 4 is 11.8 Å². The highest BCUT2D eigenvalue weighted by atomic mass is 32.2. The molecule has 1 aromatic rings. The molecule has 0 aliphatic carbocycles. The summed E-state index contributed by atoms with van der Waals surface area (Å²) in [7, 11) is 0. The van der Waals surface area contributed by atoms with Crippen molar-refractivity contribution in [3.8, 4) is 0 Å². The summed E-state index contributed by atoms with van der Waals surface area (Å²) in [6, 6.07) is 3.79. The second kappa shape index (κ2) is 7.40. The fourth-order valence-corrected chi connectivity index (χ4v) is 2.58. The van der Waals surface area contributed by atoms with Crippen LogP contribution in [0.25, 0.3) is 0 Å². The summed E-state index contributed by atoms with van der Waals surface area (Å²) >= 11 is 0.555. The number of furan rings is 1. The Kier molecular flexibility index (Phi) is 5.83. The molecule has 2 atom stereocenters. The predicted molar refractivity (Wildman–Crippen MR) is 72.7 cm³/mol. The van der Waals surface area contributed by atoms with Gasteiger partial charge in [-0.2, -0.15) is 8.78 Å². The Morgan fingerprint density at radius 2 is 2.20 bits per heavy atom. The number of aliphatic hydroxyl groups excluding tert-OH is 1. The normalized spacial score (nSPS) is 24.4. The summed E-state index contributed by atoms with van der Waals surface area (Å²) in [4.78, 5) is 2.16. The lowest BCUT2D eigenvalue weighted by atomic mass is 10.2. The summed E-state index contributed by atoms with van der Waals surface area (Å²) in [5, 5.41) is 9.14. The number of rotatable bonds is 6. The van der Waals surface area contributed by atoms with Crippen LogP contribution in [0, 0.1) is 0 Å². The van der Waals surface area contributed by atoms with Crippen LogP contribution in [0.15, 0.2) is 16.5 Å². The van der Waals surface area contributed by atoms with Gasteiger partial charge in [-0.1, -0.05) is 11.8 Å². The average molecular weight is 307 g/mol. The van der Waals surface area contributed by atoms with Crippen LogP contribution in [0.5, 0.6) is 0 Å². The molecule has 2 unspecified atom stereocenters. The molecule has 4 nitrogen and oxygen atoms in total. The van der Waals surface area contributed by atoms with Crippen LogP contribution in [-0.4, -0.2) is 47.7 Å². The smallest absolute Gasteiger partial charge is 0.284 e. The van der Waals surface area contributed by atoms with Gasteiger partial charge in [0, 0.05) is 12.6 Å². The van der Waals surface area contributed by atoms with E-state index in [2.05, 4.69) is 4.90 Å². The molecule has 20 heavy (non-hydrogen) atoms. The quantitative estimate of drug-likeness (QED) is 0.874. The van der Waals surface area contributed by atoms with Crippen molar-refractivity contribution in [2.45, 2.75) is 37.1 Å². The molecule has 0 radical (unpaired) electrons. The summed E-state index contributed by atoms with van der Waals surface area (Å²) in [6.07, 6.45) is -0.171. The molecule has 114 valence electrons. The van der Waals surface area contributed by atoms with E-state index in [1.54, 1.807) is 6.07 Å². The molecule has 7 heteroatoms. The van der Waals surface area contributed by atoms with E-state index in [0.29, 0.717) is 37.2 Å². The summed E-state index contributed by atoms with van der Waals surface area (Å²) in [6.45, 7) is 3.85. The lowest BCUT2D eigenvalue weighted by Gasteiger charge is -2.36. The summed E-state index contributed by atoms with van der Waals surface area (Å²) in [5.41, 5.74) is 0. The zero-order valence-corrected chi connectivity index (χ0v) is 12.1. The van der Waals surface area contributed by atoms with Gasteiger partial charge in [0.2, 0.25) is 0 Å². The zero-order valence-electron chi connectivity index (χ0n) is 11.3. The van der Waals surface area contributed by atoms with Gasteiger partial charge in [-0.05, 0) is 19.1 Å². The maximum atomic E-state index is 12.1. The molecule has 1 aliphatic heterocycles. The van der Waals surface area contributed by atoms with Gasteiger partial charge in [0.15, 0.2) is 0 Å². The van der Waals surface area contributed by atoms with E-state index in [4.69, 9.17) is 14.3 Å². The number of morpholine rings is 1. The van der Waals surface area contributed by atoms with Crippen LogP contribution in [0.4, 0.5) is 8.78 Å². The van der Waals surface area contributed by atoms with E-state index in [1.807, 2.05) is 13.0 Å². The fraction of sp³-hybridized carbons (Fsp3) is 0.692. The standard InChI is InChI=1S/C13H19F2NO3S/c1-9-7-18-12(6-17)5-16(9)4-10-2-3-11(19-10)8-20-13(14)15/h2-3,9,12-13,17H,4-8H2,1H3. The highest BCUT2D eigenvalue weighted by Gasteiger charge is 2.26. The van der Waals surface area contributed by atoms with Gasteiger partial charge in [0.25, 0.3) is 5.76 Å². The highest BCUT2D eigenvalue weighted by molar-refractivity contribution is 7.98. The minimum absolute atomic E-state index is 0.00233. The third kappa shape index (κ3) is 4.44. The number of ether oxygens (including phenoxy) is 1. The van der Waals surface area contributed by atoms with Crippen LogP contribution < -0.4 is 0 Å². The van der Waals surface area contributed by atoms with E-state index in [9.17, 15) is 8.78 Å². The summed E-state index contributed by atoms with van der Waals surface area (Å²) in [5.74, 6) is -0.895. The molecule has 1 saturated heterocycles. The van der Waals surface area contributed by atoms with Crippen molar-refractivity contribution in [2.24, 2.45) is 0 Å². The Bertz CT molecular complexity index is 416. The monoisotopic (exact) mass is 307 g/mol. The number of hydrogen-bond acceptors (Lipinski definition) is 5. The third-order valence-corrected chi connectivity index (χ3v) is 3.97. The Morgan fingerprint density at radius 1 is 1.45 bits per heavy atom. The molecular weight excluding hydrogens is 288 g/mol. The molecule has 1 N–H and O–H groups in total. The summed E-state index contributed by atoms with van der Waals surface area (Å²) < 4.78 is 35.2. The van der Waals surface area contributed by atoms with Crippen LogP contribution in [-0.2, 0) is 17.0 Å². The molecule has 1 aliphatic rings. The molecule has 0 saturated carbocycles. The van der Waals surface area contributed by atoms with E-state index < -0.39 is 5.76 Å². The number of hydrogen-bond donors (Lipinski definition) is 1. The zero-order chi connectivity index (χ0) is 14.5. The van der Waals surface area contributed by atoms with Gasteiger partial charge in [0.05, 0.1) is 31.6 Å². The van der Waals surface area contributed by atoms with Crippen LogP contribution in [0.2, 0.25) is 0 Å². The number of nitrogens with zero attached hydrogens (tertiary/aromatic N) is 1. The Balaban J connectivity index is 1.88. The van der Waals surface area contributed by atoms with Gasteiger partial charge in [-0.25, -0.2) is 0 Å². The van der Waals surface area contributed by atoms with Crippen molar-refractivity contribution in [3.63, 3.8) is 0 Å². The number of alkyl halides is 2. The van der Waals surface area contributed by atoms with E-state index in [1.165, 1.54) is 0 Å². The minimum Gasteiger partial charge on any atom is -0.464 e. The molecular formula is C13H19F2NO3S. The average Bonchev–Trinajstić information content (AvgIpc) is 2.86. The fourth-order valence-electron chi connectivity index (χ4n) is 2.14. The van der Waals surface area contributed by atoms with Gasteiger partial charge in [-0.15, -0.1) is 0 Å². The maximum absolute atomic E-state index is 12.1. The first-order valence-corrected chi connectivity index (χ1v) is 7.57. The second-order valence-corrected chi connectivity index (χ2v) is 5.83. The van der Waals surface area contributed by atoms with Crippen molar-refractivity contribution in [1.29, 1.82) is 0 Å². The predicted octanol–water partition coefficient (Wildman–Crippen LogP) is 2.32. The highest BCUT2D eigenvalue weighted by Crippen LogP contribution is 2.22. The molecule has 2 rings (SSSR count). The van der Waals surface area contributed by atoms with E-state index in [-0.39, 0.29) is 24.5 Å². The first-order valence-electron chi connectivity index (χ1n) is 6.52.